The number of urea groups is 1. The van der Waals surface area contributed by atoms with E-state index in [1.807, 2.05) is 30.3 Å². The van der Waals surface area contributed by atoms with Crippen LogP contribution in [-0.2, 0) is 31.7 Å². The molecule has 0 spiro atoms. The van der Waals surface area contributed by atoms with Gasteiger partial charge in [0, 0.05) is 12.8 Å². The smallest absolute Gasteiger partial charge is 0.338 e. The molecule has 0 aliphatic heterocycles. The first-order valence-electron chi connectivity index (χ1n) is 8.28. The standard InChI is InChI=1S/C19H20N2O6S/c1-28(25,26)13-15-8-5-9-16(10-15)18(23)27-12-17(22)21-19(24)20-11-14-6-3-2-4-7-14/h2-10H,11-13H2,1H3,(H2,20,21,22,24). The van der Waals surface area contributed by atoms with Crippen molar-refractivity contribution in [1.82, 2.24) is 10.6 Å². The van der Waals surface area contributed by atoms with Crippen molar-refractivity contribution in [3.05, 3.63) is 71.3 Å². The Balaban J connectivity index is 1.79. The van der Waals surface area contributed by atoms with E-state index in [0.717, 1.165) is 11.8 Å². The van der Waals surface area contributed by atoms with E-state index in [2.05, 4.69) is 10.6 Å². The van der Waals surface area contributed by atoms with E-state index in [4.69, 9.17) is 4.74 Å². The summed E-state index contributed by atoms with van der Waals surface area (Å²) in [5, 5.41) is 4.56. The molecular weight excluding hydrogens is 384 g/mol. The maximum atomic E-state index is 12.0. The van der Waals surface area contributed by atoms with Crippen LogP contribution in [0.5, 0.6) is 0 Å². The van der Waals surface area contributed by atoms with Crippen LogP contribution in [0.25, 0.3) is 0 Å². The molecule has 0 unspecified atom stereocenters. The van der Waals surface area contributed by atoms with E-state index in [0.29, 0.717) is 5.56 Å². The Kier molecular flexibility index (Phi) is 7.28. The molecule has 148 valence electrons. The average Bonchev–Trinajstić information content (AvgIpc) is 2.64. The van der Waals surface area contributed by atoms with Gasteiger partial charge in [0.2, 0.25) is 0 Å². The average molecular weight is 404 g/mol. The maximum absolute atomic E-state index is 12.0. The van der Waals surface area contributed by atoms with Gasteiger partial charge in [0.25, 0.3) is 5.91 Å². The van der Waals surface area contributed by atoms with Crippen LogP contribution in [0.15, 0.2) is 54.6 Å². The molecule has 0 radical (unpaired) electrons. The van der Waals surface area contributed by atoms with Gasteiger partial charge in [-0.15, -0.1) is 0 Å². The lowest BCUT2D eigenvalue weighted by molar-refractivity contribution is -0.123. The number of sulfone groups is 1. The summed E-state index contributed by atoms with van der Waals surface area (Å²) in [4.78, 5) is 35.4. The second-order valence-corrected chi connectivity index (χ2v) is 8.20. The van der Waals surface area contributed by atoms with Crippen LogP contribution in [0.2, 0.25) is 0 Å². The summed E-state index contributed by atoms with van der Waals surface area (Å²) in [5.74, 6) is -1.79. The zero-order chi connectivity index (χ0) is 20.6. The summed E-state index contributed by atoms with van der Waals surface area (Å²) < 4.78 is 27.5. The zero-order valence-electron chi connectivity index (χ0n) is 15.2. The first-order chi connectivity index (χ1) is 13.2. The topological polar surface area (TPSA) is 119 Å². The highest BCUT2D eigenvalue weighted by molar-refractivity contribution is 7.89. The van der Waals surface area contributed by atoms with Gasteiger partial charge in [-0.3, -0.25) is 10.1 Å². The highest BCUT2D eigenvalue weighted by Crippen LogP contribution is 2.10. The minimum absolute atomic E-state index is 0.113. The van der Waals surface area contributed by atoms with Crippen molar-refractivity contribution in [3.63, 3.8) is 0 Å². The third-order valence-electron chi connectivity index (χ3n) is 3.47. The lowest BCUT2D eigenvalue weighted by atomic mass is 10.1. The monoisotopic (exact) mass is 404 g/mol. The molecule has 28 heavy (non-hydrogen) atoms. The van der Waals surface area contributed by atoms with E-state index in [9.17, 15) is 22.8 Å². The van der Waals surface area contributed by atoms with Crippen LogP contribution >= 0.6 is 0 Å². The second-order valence-electron chi connectivity index (χ2n) is 6.06. The molecule has 0 aliphatic carbocycles. The summed E-state index contributed by atoms with van der Waals surface area (Å²) in [6.07, 6.45) is 1.09. The van der Waals surface area contributed by atoms with E-state index in [1.54, 1.807) is 6.07 Å². The third-order valence-corrected chi connectivity index (χ3v) is 4.33. The number of carbonyl (C=O) groups is 3. The van der Waals surface area contributed by atoms with Crippen LogP contribution in [-0.4, -0.2) is 39.2 Å². The maximum Gasteiger partial charge on any atom is 0.338 e. The Hall–Kier alpha value is -3.20. The summed E-state index contributed by atoms with van der Waals surface area (Å²) in [6, 6.07) is 14.3. The lowest BCUT2D eigenvalue weighted by Crippen LogP contribution is -2.41. The minimum Gasteiger partial charge on any atom is -0.452 e. The van der Waals surface area contributed by atoms with Gasteiger partial charge in [0.05, 0.1) is 11.3 Å². The number of amides is 3. The quantitative estimate of drug-likeness (QED) is 0.674. The molecule has 2 N–H and O–H groups in total. The Labute approximate surface area is 162 Å². The molecule has 8 nitrogen and oxygen atoms in total. The van der Waals surface area contributed by atoms with Gasteiger partial charge in [0.15, 0.2) is 16.4 Å². The van der Waals surface area contributed by atoms with Crippen molar-refractivity contribution in [2.45, 2.75) is 12.3 Å². The van der Waals surface area contributed by atoms with Gasteiger partial charge in [-0.1, -0.05) is 42.5 Å². The molecule has 2 rings (SSSR count). The largest absolute Gasteiger partial charge is 0.452 e. The highest BCUT2D eigenvalue weighted by atomic mass is 32.2. The fourth-order valence-electron chi connectivity index (χ4n) is 2.29. The molecular formula is C19H20N2O6S. The third kappa shape index (κ3) is 7.58. The van der Waals surface area contributed by atoms with Gasteiger partial charge in [-0.25, -0.2) is 18.0 Å². The first kappa shape index (κ1) is 21.1. The summed E-state index contributed by atoms with van der Waals surface area (Å²) in [6.45, 7) is -0.402. The number of hydrogen-bond donors (Lipinski definition) is 2. The number of hydrogen-bond acceptors (Lipinski definition) is 6. The molecule has 0 fully saturated rings. The van der Waals surface area contributed by atoms with E-state index >= 15 is 0 Å². The molecule has 0 bridgehead atoms. The normalized spacial score (nSPS) is 10.8. The molecule has 2 aromatic carbocycles. The predicted octanol–water partition coefficient (Wildman–Crippen LogP) is 1.41. The van der Waals surface area contributed by atoms with E-state index in [-0.39, 0.29) is 17.9 Å². The van der Waals surface area contributed by atoms with E-state index < -0.39 is 34.4 Å². The molecule has 0 heterocycles. The zero-order valence-corrected chi connectivity index (χ0v) is 16.0. The van der Waals surface area contributed by atoms with Crippen LogP contribution < -0.4 is 10.6 Å². The second kappa shape index (κ2) is 9.65. The summed E-state index contributed by atoms with van der Waals surface area (Å²) in [5.41, 5.74) is 1.41. The van der Waals surface area contributed by atoms with Gasteiger partial charge in [-0.2, -0.15) is 0 Å². The van der Waals surface area contributed by atoms with Crippen molar-refractivity contribution in [2.24, 2.45) is 0 Å². The number of ether oxygens (including phenoxy) is 1. The number of imide groups is 1. The molecule has 0 saturated heterocycles. The van der Waals surface area contributed by atoms with Gasteiger partial charge in [-0.05, 0) is 23.3 Å². The molecule has 0 aromatic heterocycles. The number of nitrogens with one attached hydrogen (secondary N) is 2. The Morgan fingerprint density at radius 3 is 2.32 bits per heavy atom. The molecule has 9 heteroatoms. The Morgan fingerprint density at radius 2 is 1.64 bits per heavy atom. The number of carbonyl (C=O) groups excluding carboxylic acids is 3. The Morgan fingerprint density at radius 1 is 0.964 bits per heavy atom. The molecule has 0 saturated carbocycles. The van der Waals surface area contributed by atoms with Gasteiger partial charge in [0.1, 0.15) is 0 Å². The molecule has 3 amide bonds. The number of esters is 1. The lowest BCUT2D eigenvalue weighted by Gasteiger charge is -2.08. The molecule has 2 aromatic rings. The number of rotatable bonds is 7. The van der Waals surface area contributed by atoms with Crippen molar-refractivity contribution in [2.75, 3.05) is 12.9 Å². The van der Waals surface area contributed by atoms with Crippen molar-refractivity contribution < 1.29 is 27.5 Å². The van der Waals surface area contributed by atoms with Gasteiger partial charge < -0.3 is 10.1 Å². The number of benzene rings is 2. The van der Waals surface area contributed by atoms with Crippen LogP contribution in [0.1, 0.15) is 21.5 Å². The SMILES string of the molecule is CS(=O)(=O)Cc1cccc(C(=O)OCC(=O)NC(=O)NCc2ccccc2)c1. The molecule has 0 aliphatic rings. The van der Waals surface area contributed by atoms with Crippen molar-refractivity contribution in [1.29, 1.82) is 0 Å². The fourth-order valence-corrected chi connectivity index (χ4v) is 3.08. The summed E-state index contributed by atoms with van der Waals surface area (Å²) in [7, 11) is -3.25. The van der Waals surface area contributed by atoms with Crippen molar-refractivity contribution in [3.8, 4) is 0 Å². The fraction of sp³-hybridized carbons (Fsp3) is 0.211. The van der Waals surface area contributed by atoms with E-state index in [1.165, 1.54) is 18.2 Å². The van der Waals surface area contributed by atoms with Gasteiger partial charge >= 0.3 is 12.0 Å². The predicted molar refractivity (Wildman–Crippen MR) is 102 cm³/mol. The highest BCUT2D eigenvalue weighted by Gasteiger charge is 2.14. The van der Waals surface area contributed by atoms with Crippen LogP contribution in [0, 0.1) is 0 Å². The molecule has 0 atom stereocenters. The first-order valence-corrected chi connectivity index (χ1v) is 10.3. The van der Waals surface area contributed by atoms with Crippen LogP contribution in [0.4, 0.5) is 4.79 Å². The van der Waals surface area contributed by atoms with Crippen LogP contribution in [0.3, 0.4) is 0 Å². The van der Waals surface area contributed by atoms with Crippen molar-refractivity contribution >= 4 is 27.7 Å². The minimum atomic E-state index is -3.25. The summed E-state index contributed by atoms with van der Waals surface area (Å²) >= 11 is 0. The Bertz CT molecular complexity index is 957.